The minimum Gasteiger partial charge on any atom is -0.486 e. The molecule has 3 N–H and O–H groups in total. The summed E-state index contributed by atoms with van der Waals surface area (Å²) in [6.07, 6.45) is 2.09. The Bertz CT molecular complexity index is 786. The number of nitrogens with zero attached hydrogens (tertiary/aromatic N) is 2. The van der Waals surface area contributed by atoms with E-state index >= 15 is 0 Å². The van der Waals surface area contributed by atoms with Gasteiger partial charge >= 0.3 is 0 Å². The molecule has 2 aliphatic rings. The lowest BCUT2D eigenvalue weighted by Gasteiger charge is -2.22. The predicted octanol–water partition coefficient (Wildman–Crippen LogP) is 1.45. The van der Waals surface area contributed by atoms with Crippen molar-refractivity contribution in [2.45, 2.75) is 12.5 Å². The van der Waals surface area contributed by atoms with Crippen molar-refractivity contribution in [2.24, 2.45) is 11.7 Å². The van der Waals surface area contributed by atoms with Crippen LogP contribution in [0.2, 0.25) is 5.02 Å². The summed E-state index contributed by atoms with van der Waals surface area (Å²) >= 11 is 6.47. The van der Waals surface area contributed by atoms with Gasteiger partial charge < -0.3 is 25.2 Å². The van der Waals surface area contributed by atoms with Gasteiger partial charge in [0.1, 0.15) is 13.2 Å². The van der Waals surface area contributed by atoms with Crippen LogP contribution in [0, 0.1) is 5.92 Å². The molecule has 4 rings (SSSR count). The van der Waals surface area contributed by atoms with E-state index in [1.165, 1.54) is 0 Å². The van der Waals surface area contributed by atoms with Gasteiger partial charge in [0.2, 0.25) is 0 Å². The second kappa shape index (κ2) is 6.96. The molecule has 0 aliphatic carbocycles. The number of likely N-dealkylation sites (tertiary alicyclic amines) is 1. The number of halogens is 1. The van der Waals surface area contributed by atoms with E-state index in [2.05, 4.69) is 9.88 Å². The van der Waals surface area contributed by atoms with E-state index in [1.54, 1.807) is 6.20 Å². The van der Waals surface area contributed by atoms with Gasteiger partial charge in [0.05, 0.1) is 22.0 Å². The summed E-state index contributed by atoms with van der Waals surface area (Å²) < 4.78 is 11.6. The average molecular weight is 364 g/mol. The molecule has 1 aromatic carbocycles. The van der Waals surface area contributed by atoms with Crippen LogP contribution in [0.3, 0.4) is 0 Å². The molecular weight excluding hydrogens is 342 g/mol. The maximum Gasteiger partial charge on any atom is 0.171 e. The summed E-state index contributed by atoms with van der Waals surface area (Å²) in [4.78, 5) is 6.66. The zero-order valence-electron chi connectivity index (χ0n) is 13.9. The van der Waals surface area contributed by atoms with Crippen LogP contribution in [-0.2, 0) is 6.42 Å². The van der Waals surface area contributed by atoms with Crippen molar-refractivity contribution in [2.75, 3.05) is 39.4 Å². The van der Waals surface area contributed by atoms with Gasteiger partial charge in [-0.15, -0.1) is 0 Å². The lowest BCUT2D eigenvalue weighted by atomic mass is 10.0. The van der Waals surface area contributed by atoms with Gasteiger partial charge in [0.15, 0.2) is 11.5 Å². The molecule has 0 spiro atoms. The Hall–Kier alpha value is -1.60. The zero-order chi connectivity index (χ0) is 17.4. The smallest absolute Gasteiger partial charge is 0.171 e. The molecule has 1 aromatic heterocycles. The zero-order valence-corrected chi connectivity index (χ0v) is 14.7. The van der Waals surface area contributed by atoms with Gasteiger partial charge in [-0.05, 0) is 30.7 Å². The van der Waals surface area contributed by atoms with Crippen LogP contribution in [0.5, 0.6) is 11.5 Å². The van der Waals surface area contributed by atoms with Crippen molar-refractivity contribution in [3.05, 3.63) is 28.9 Å². The number of fused-ring (bicyclic) bond motifs is 3. The molecule has 2 atom stereocenters. The lowest BCUT2D eigenvalue weighted by Crippen LogP contribution is -2.26. The fraction of sp³-hybridized carbons (Fsp3) is 0.500. The van der Waals surface area contributed by atoms with Crippen LogP contribution in [0.15, 0.2) is 18.3 Å². The first kappa shape index (κ1) is 16.8. The summed E-state index contributed by atoms with van der Waals surface area (Å²) in [5, 5.41) is 11.6. The monoisotopic (exact) mass is 363 g/mol. The lowest BCUT2D eigenvalue weighted by molar-refractivity contribution is 0.144. The molecule has 134 valence electrons. The number of pyridine rings is 1. The summed E-state index contributed by atoms with van der Waals surface area (Å²) in [5.74, 6) is 1.62. The largest absolute Gasteiger partial charge is 0.486 e. The van der Waals surface area contributed by atoms with E-state index in [1.807, 2.05) is 12.1 Å². The van der Waals surface area contributed by atoms with E-state index < -0.39 is 0 Å². The fourth-order valence-electron chi connectivity index (χ4n) is 3.70. The highest BCUT2D eigenvalue weighted by molar-refractivity contribution is 6.32. The molecule has 2 aromatic rings. The summed E-state index contributed by atoms with van der Waals surface area (Å²) in [6.45, 7) is 3.85. The Morgan fingerprint density at radius 2 is 2.12 bits per heavy atom. The second-order valence-electron chi connectivity index (χ2n) is 6.64. The Morgan fingerprint density at radius 3 is 2.92 bits per heavy atom. The number of ether oxygens (including phenoxy) is 2. The highest BCUT2D eigenvalue weighted by atomic mass is 35.5. The number of nitrogens with two attached hydrogens (primary N) is 1. The highest BCUT2D eigenvalue weighted by Crippen LogP contribution is 2.40. The maximum absolute atomic E-state index is 10.0. The van der Waals surface area contributed by atoms with Crippen LogP contribution in [0.1, 0.15) is 5.56 Å². The summed E-state index contributed by atoms with van der Waals surface area (Å²) in [5.41, 5.74) is 7.59. The number of β-amino-alcohol motifs (C(OH)–C–C–N with tert-alkyl or cyclic N) is 1. The van der Waals surface area contributed by atoms with Gasteiger partial charge in [-0.2, -0.15) is 0 Å². The number of aliphatic hydroxyl groups is 1. The maximum atomic E-state index is 10.0. The Balaban J connectivity index is 1.64. The molecule has 1 fully saturated rings. The Labute approximate surface area is 151 Å². The van der Waals surface area contributed by atoms with Crippen LogP contribution in [0.25, 0.3) is 10.9 Å². The number of hydrogen-bond acceptors (Lipinski definition) is 6. The Kier molecular flexibility index (Phi) is 4.69. The fourth-order valence-corrected chi connectivity index (χ4v) is 3.94. The molecule has 0 radical (unpaired) electrons. The quantitative estimate of drug-likeness (QED) is 0.855. The first-order valence-corrected chi connectivity index (χ1v) is 9.01. The van der Waals surface area contributed by atoms with Crippen molar-refractivity contribution in [1.82, 2.24) is 9.88 Å². The van der Waals surface area contributed by atoms with E-state index in [4.69, 9.17) is 26.8 Å². The SMILES string of the molecule is NC[C@H]1CN(CCc2c(Cl)cnc3ccc4c(c23)OCCO4)C[C@H]1O. The number of aliphatic hydroxyl groups excluding tert-OH is 1. The van der Waals surface area contributed by atoms with Crippen molar-refractivity contribution < 1.29 is 14.6 Å². The molecule has 25 heavy (non-hydrogen) atoms. The third-order valence-corrected chi connectivity index (χ3v) is 5.38. The topological polar surface area (TPSA) is 80.8 Å². The third-order valence-electron chi connectivity index (χ3n) is 5.06. The number of hydrogen-bond donors (Lipinski definition) is 2. The van der Waals surface area contributed by atoms with Crippen molar-refractivity contribution in [1.29, 1.82) is 0 Å². The Morgan fingerprint density at radius 1 is 1.28 bits per heavy atom. The number of benzene rings is 1. The molecule has 6 nitrogen and oxygen atoms in total. The van der Waals surface area contributed by atoms with Crippen molar-refractivity contribution in [3.63, 3.8) is 0 Å². The molecule has 0 unspecified atom stereocenters. The minimum absolute atomic E-state index is 0.147. The third kappa shape index (κ3) is 3.15. The number of rotatable bonds is 4. The van der Waals surface area contributed by atoms with Gasteiger partial charge in [-0.1, -0.05) is 11.6 Å². The van der Waals surface area contributed by atoms with Crippen molar-refractivity contribution in [3.8, 4) is 11.5 Å². The van der Waals surface area contributed by atoms with E-state index in [0.717, 1.165) is 47.5 Å². The van der Waals surface area contributed by atoms with E-state index in [9.17, 15) is 5.11 Å². The van der Waals surface area contributed by atoms with E-state index in [-0.39, 0.29) is 12.0 Å². The van der Waals surface area contributed by atoms with Gasteiger partial charge in [0.25, 0.3) is 0 Å². The van der Waals surface area contributed by atoms with E-state index in [0.29, 0.717) is 31.3 Å². The van der Waals surface area contributed by atoms with Crippen LogP contribution >= 0.6 is 11.6 Å². The molecule has 1 saturated heterocycles. The van der Waals surface area contributed by atoms with Gasteiger partial charge in [0, 0.05) is 31.7 Å². The van der Waals surface area contributed by atoms with Crippen LogP contribution in [-0.4, -0.2) is 60.5 Å². The molecule has 0 saturated carbocycles. The summed E-state index contributed by atoms with van der Waals surface area (Å²) in [7, 11) is 0. The van der Waals surface area contributed by atoms with Crippen LogP contribution < -0.4 is 15.2 Å². The normalized spacial score (nSPS) is 23.3. The molecule has 0 bridgehead atoms. The standard InChI is InChI=1S/C18H22ClN3O3/c19-13-8-21-14-1-2-16-18(25-6-5-24-16)17(14)12(13)3-4-22-9-11(7-20)15(23)10-22/h1-2,8,11,15,23H,3-7,9-10,20H2/t11-,15+/m0/s1. The van der Waals surface area contributed by atoms with Crippen molar-refractivity contribution >= 4 is 22.5 Å². The molecule has 3 heterocycles. The molecule has 2 aliphatic heterocycles. The predicted molar refractivity (Wildman–Crippen MR) is 96.4 cm³/mol. The molecule has 0 amide bonds. The number of aromatic nitrogens is 1. The minimum atomic E-state index is -0.348. The molecule has 7 heteroatoms. The van der Waals surface area contributed by atoms with Gasteiger partial charge in [-0.25, -0.2) is 0 Å². The second-order valence-corrected chi connectivity index (χ2v) is 7.05. The first-order valence-electron chi connectivity index (χ1n) is 8.63. The first-order chi connectivity index (χ1) is 12.2. The summed E-state index contributed by atoms with van der Waals surface area (Å²) in [6, 6.07) is 3.83. The van der Waals surface area contributed by atoms with Crippen LogP contribution in [0.4, 0.5) is 0 Å². The average Bonchev–Trinajstić information content (AvgIpc) is 3.00. The highest BCUT2D eigenvalue weighted by Gasteiger charge is 2.30. The molecular formula is C18H22ClN3O3. The van der Waals surface area contributed by atoms with Gasteiger partial charge in [-0.3, -0.25) is 4.98 Å².